The van der Waals surface area contributed by atoms with Crippen molar-refractivity contribution in [3.05, 3.63) is 68.0 Å². The van der Waals surface area contributed by atoms with Gasteiger partial charge < -0.3 is 5.32 Å². The minimum absolute atomic E-state index is 0.0889. The Hall–Kier alpha value is -0.650. The molecule has 0 aliphatic rings. The molecule has 0 heterocycles. The molecule has 112 valence electrons. The summed E-state index contributed by atoms with van der Waals surface area (Å²) < 4.78 is 15.2. The lowest BCUT2D eigenvalue weighted by molar-refractivity contribution is 0.511. The van der Waals surface area contributed by atoms with Crippen LogP contribution in [0.15, 0.2) is 42.5 Å². The Morgan fingerprint density at radius 2 is 2.00 bits per heavy atom. The van der Waals surface area contributed by atoms with E-state index in [0.717, 1.165) is 13.0 Å². The molecule has 0 radical (unpaired) electrons. The average molecular weight is 418 g/mol. The van der Waals surface area contributed by atoms with Gasteiger partial charge in [0.2, 0.25) is 0 Å². The van der Waals surface area contributed by atoms with Crippen molar-refractivity contribution >= 4 is 34.2 Å². The van der Waals surface area contributed by atoms with Gasteiger partial charge in [-0.1, -0.05) is 36.7 Å². The summed E-state index contributed by atoms with van der Waals surface area (Å²) in [6.45, 7) is 3.03. The molecule has 0 aliphatic heterocycles. The number of hydrogen-bond acceptors (Lipinski definition) is 1. The predicted molar refractivity (Wildman–Crippen MR) is 95.3 cm³/mol. The maximum absolute atomic E-state index is 14.0. The van der Waals surface area contributed by atoms with Gasteiger partial charge in [0.1, 0.15) is 5.82 Å². The second-order valence-electron chi connectivity index (χ2n) is 4.97. The van der Waals surface area contributed by atoms with Gasteiger partial charge in [-0.2, -0.15) is 0 Å². The molecule has 0 aliphatic carbocycles. The van der Waals surface area contributed by atoms with Gasteiger partial charge in [0, 0.05) is 14.6 Å². The molecule has 21 heavy (non-hydrogen) atoms. The van der Waals surface area contributed by atoms with Crippen LogP contribution < -0.4 is 5.32 Å². The number of hydrogen-bond donors (Lipinski definition) is 1. The summed E-state index contributed by atoms with van der Waals surface area (Å²) in [5.74, 6) is -0.200. The number of benzene rings is 2. The van der Waals surface area contributed by atoms with E-state index < -0.39 is 0 Å². The van der Waals surface area contributed by atoms with E-state index in [0.29, 0.717) is 17.0 Å². The molecule has 1 atom stereocenters. The molecule has 1 nitrogen and oxygen atoms in total. The summed E-state index contributed by atoms with van der Waals surface area (Å²) in [5.41, 5.74) is 1.85. The standard InChI is InChI=1S/C17H18ClFIN/c1-2-9-21-17(14-5-3-4-6-16(14)20)11-12-10-13(18)7-8-15(12)19/h3-8,10,17,21H,2,9,11H2,1H3. The molecular weight excluding hydrogens is 400 g/mol. The van der Waals surface area contributed by atoms with E-state index in [9.17, 15) is 4.39 Å². The number of nitrogens with one attached hydrogen (secondary N) is 1. The van der Waals surface area contributed by atoms with Gasteiger partial charge >= 0.3 is 0 Å². The van der Waals surface area contributed by atoms with E-state index in [1.54, 1.807) is 12.1 Å². The fraction of sp³-hybridized carbons (Fsp3) is 0.294. The van der Waals surface area contributed by atoms with E-state index in [4.69, 9.17) is 11.6 Å². The van der Waals surface area contributed by atoms with Gasteiger partial charge in [-0.25, -0.2) is 4.39 Å². The third-order valence-electron chi connectivity index (χ3n) is 3.35. The summed E-state index contributed by atoms with van der Waals surface area (Å²) in [6, 6.07) is 13.0. The zero-order valence-electron chi connectivity index (χ0n) is 11.9. The first-order chi connectivity index (χ1) is 10.1. The Labute approximate surface area is 144 Å². The molecule has 4 heteroatoms. The van der Waals surface area contributed by atoms with E-state index >= 15 is 0 Å². The lowest BCUT2D eigenvalue weighted by atomic mass is 9.98. The molecule has 1 N–H and O–H groups in total. The van der Waals surface area contributed by atoms with E-state index in [-0.39, 0.29) is 11.9 Å². The van der Waals surface area contributed by atoms with Crippen LogP contribution >= 0.6 is 34.2 Å². The largest absolute Gasteiger partial charge is 0.310 e. The number of rotatable bonds is 6. The highest BCUT2D eigenvalue weighted by atomic mass is 127. The summed E-state index contributed by atoms with van der Waals surface area (Å²) in [6.07, 6.45) is 1.63. The van der Waals surface area contributed by atoms with Crippen LogP contribution in [0.3, 0.4) is 0 Å². The van der Waals surface area contributed by atoms with Gasteiger partial charge in [0.25, 0.3) is 0 Å². The van der Waals surface area contributed by atoms with Crippen LogP contribution in [-0.2, 0) is 6.42 Å². The third-order valence-corrected chi connectivity index (χ3v) is 4.57. The Morgan fingerprint density at radius 1 is 1.24 bits per heavy atom. The van der Waals surface area contributed by atoms with Crippen molar-refractivity contribution in [3.8, 4) is 0 Å². The molecule has 2 aromatic carbocycles. The number of halogens is 3. The van der Waals surface area contributed by atoms with Crippen LogP contribution in [-0.4, -0.2) is 6.54 Å². The molecule has 0 fully saturated rings. The van der Waals surface area contributed by atoms with Crippen molar-refractivity contribution in [3.63, 3.8) is 0 Å². The lowest BCUT2D eigenvalue weighted by Crippen LogP contribution is -2.25. The first-order valence-corrected chi connectivity index (χ1v) is 8.49. The molecule has 0 saturated carbocycles. The molecule has 0 spiro atoms. The maximum atomic E-state index is 14.0. The zero-order valence-corrected chi connectivity index (χ0v) is 14.8. The molecule has 0 amide bonds. The van der Waals surface area contributed by atoms with E-state index in [2.05, 4.69) is 47.0 Å². The predicted octanol–water partition coefficient (Wildman–Crippen LogP) is 5.37. The summed E-state index contributed by atoms with van der Waals surface area (Å²) in [5, 5.41) is 4.08. The van der Waals surface area contributed by atoms with Crippen LogP contribution in [0, 0.1) is 9.39 Å². The fourth-order valence-corrected chi connectivity index (χ4v) is 3.25. The van der Waals surface area contributed by atoms with Crippen LogP contribution in [0.2, 0.25) is 5.02 Å². The first kappa shape index (κ1) is 16.7. The van der Waals surface area contributed by atoms with Crippen molar-refractivity contribution in [1.82, 2.24) is 5.32 Å². The SMILES string of the molecule is CCCNC(Cc1cc(Cl)ccc1F)c1ccccc1I. The Balaban J connectivity index is 2.28. The highest BCUT2D eigenvalue weighted by Crippen LogP contribution is 2.26. The topological polar surface area (TPSA) is 12.0 Å². The van der Waals surface area contributed by atoms with Crippen LogP contribution in [0.4, 0.5) is 4.39 Å². The second-order valence-corrected chi connectivity index (χ2v) is 6.57. The van der Waals surface area contributed by atoms with E-state index in [1.807, 2.05) is 12.1 Å². The fourth-order valence-electron chi connectivity index (χ4n) is 2.29. The Bertz CT molecular complexity index is 603. The molecule has 2 aromatic rings. The van der Waals surface area contributed by atoms with Gasteiger partial charge in [0.05, 0.1) is 0 Å². The van der Waals surface area contributed by atoms with Crippen molar-refractivity contribution in [1.29, 1.82) is 0 Å². The van der Waals surface area contributed by atoms with Crippen molar-refractivity contribution in [2.24, 2.45) is 0 Å². The van der Waals surface area contributed by atoms with E-state index in [1.165, 1.54) is 15.2 Å². The second kappa shape index (κ2) is 8.11. The Morgan fingerprint density at radius 3 is 2.71 bits per heavy atom. The third kappa shape index (κ3) is 4.66. The first-order valence-electron chi connectivity index (χ1n) is 7.03. The lowest BCUT2D eigenvalue weighted by Gasteiger charge is -2.21. The highest BCUT2D eigenvalue weighted by Gasteiger charge is 2.16. The van der Waals surface area contributed by atoms with Gasteiger partial charge in [-0.15, -0.1) is 0 Å². The van der Waals surface area contributed by atoms with Crippen LogP contribution in [0.5, 0.6) is 0 Å². The summed E-state index contributed by atoms with van der Waals surface area (Å²) in [7, 11) is 0. The van der Waals surface area contributed by atoms with Crippen LogP contribution in [0.1, 0.15) is 30.5 Å². The molecule has 1 unspecified atom stereocenters. The molecule has 0 bridgehead atoms. The minimum Gasteiger partial charge on any atom is -0.310 e. The van der Waals surface area contributed by atoms with Gasteiger partial charge in [-0.05, 0) is 77.4 Å². The van der Waals surface area contributed by atoms with Gasteiger partial charge in [-0.3, -0.25) is 0 Å². The van der Waals surface area contributed by atoms with Crippen molar-refractivity contribution < 1.29 is 4.39 Å². The minimum atomic E-state index is -0.200. The molecular formula is C17H18ClFIN. The normalized spacial score (nSPS) is 12.4. The molecule has 2 rings (SSSR count). The molecule has 0 saturated heterocycles. The highest BCUT2D eigenvalue weighted by molar-refractivity contribution is 14.1. The Kier molecular flexibility index (Phi) is 6.45. The summed E-state index contributed by atoms with van der Waals surface area (Å²) in [4.78, 5) is 0. The monoisotopic (exact) mass is 417 g/mol. The van der Waals surface area contributed by atoms with Gasteiger partial charge in [0.15, 0.2) is 0 Å². The zero-order chi connectivity index (χ0) is 15.2. The van der Waals surface area contributed by atoms with Crippen molar-refractivity contribution in [2.45, 2.75) is 25.8 Å². The van der Waals surface area contributed by atoms with Crippen LogP contribution in [0.25, 0.3) is 0 Å². The van der Waals surface area contributed by atoms with Crippen molar-refractivity contribution in [2.75, 3.05) is 6.54 Å². The quantitative estimate of drug-likeness (QED) is 0.623. The maximum Gasteiger partial charge on any atom is 0.126 e. The smallest absolute Gasteiger partial charge is 0.126 e. The summed E-state index contributed by atoms with van der Waals surface area (Å²) >= 11 is 8.32. The molecule has 0 aromatic heterocycles. The average Bonchev–Trinajstić information content (AvgIpc) is 2.48.